The van der Waals surface area contributed by atoms with Gasteiger partial charge in [-0.1, -0.05) is 0 Å². The molecule has 0 radical (unpaired) electrons. The van der Waals surface area contributed by atoms with Crippen LogP contribution < -0.4 is 28.4 Å². The molecule has 232 valence electrons. The first-order valence-electron chi connectivity index (χ1n) is 14.5. The van der Waals surface area contributed by atoms with E-state index in [0.717, 1.165) is 67.9 Å². The van der Waals surface area contributed by atoms with Gasteiger partial charge in [0.25, 0.3) is 0 Å². The Morgan fingerprint density at radius 3 is 1.11 bits per heavy atom. The molecule has 0 fully saturated rings. The number of aromatic nitrogens is 2. The van der Waals surface area contributed by atoms with Gasteiger partial charge in [-0.05, 0) is 84.0 Å². The van der Waals surface area contributed by atoms with Crippen LogP contribution in [0, 0.1) is 0 Å². The van der Waals surface area contributed by atoms with E-state index in [4.69, 9.17) is 38.4 Å². The molecular formula is C36H32N4O6. The van der Waals surface area contributed by atoms with E-state index in [2.05, 4.69) is 9.97 Å². The number of nitrogens with zero attached hydrogens (tertiary/aromatic N) is 2. The van der Waals surface area contributed by atoms with Gasteiger partial charge in [0.15, 0.2) is 23.0 Å². The predicted molar refractivity (Wildman–Crippen MR) is 177 cm³/mol. The summed E-state index contributed by atoms with van der Waals surface area (Å²) in [6.07, 6.45) is 8.03. The molecule has 2 aromatic heterocycles. The van der Waals surface area contributed by atoms with Crippen LogP contribution in [-0.2, 0) is 0 Å². The zero-order valence-corrected chi connectivity index (χ0v) is 26.3. The number of benzene rings is 2. The van der Waals surface area contributed by atoms with Crippen molar-refractivity contribution in [3.8, 4) is 34.5 Å². The van der Waals surface area contributed by atoms with Gasteiger partial charge in [-0.2, -0.15) is 0 Å². The van der Waals surface area contributed by atoms with Crippen LogP contribution in [0.25, 0.3) is 11.1 Å². The molecule has 10 heteroatoms. The summed E-state index contributed by atoms with van der Waals surface area (Å²) in [5.74, 6) is 3.24. The van der Waals surface area contributed by atoms with E-state index in [9.17, 15) is 0 Å². The van der Waals surface area contributed by atoms with Gasteiger partial charge in [0.05, 0.1) is 76.9 Å². The normalized spacial score (nSPS) is 14.7. The first-order valence-corrected chi connectivity index (χ1v) is 14.5. The highest BCUT2D eigenvalue weighted by Crippen LogP contribution is 2.44. The van der Waals surface area contributed by atoms with E-state index in [-0.39, 0.29) is 0 Å². The lowest BCUT2D eigenvalue weighted by molar-refractivity contribution is 0.324. The summed E-state index contributed by atoms with van der Waals surface area (Å²) in [7, 11) is 9.61. The maximum atomic E-state index is 5.69. The Bertz CT molecular complexity index is 1870. The molecule has 0 aliphatic carbocycles. The Hall–Kier alpha value is -5.90. The molecule has 2 aromatic carbocycles. The summed E-state index contributed by atoms with van der Waals surface area (Å²) in [6.45, 7) is 0. The number of fused-ring (bicyclic) bond motifs is 8. The quantitative estimate of drug-likeness (QED) is 0.239. The third-order valence-corrected chi connectivity index (χ3v) is 8.16. The van der Waals surface area contributed by atoms with Gasteiger partial charge < -0.3 is 38.4 Å². The van der Waals surface area contributed by atoms with E-state index >= 15 is 0 Å². The number of H-pyrrole nitrogens is 2. The van der Waals surface area contributed by atoms with Crippen molar-refractivity contribution in [1.29, 1.82) is 0 Å². The van der Waals surface area contributed by atoms with Gasteiger partial charge in [-0.3, -0.25) is 0 Å². The Morgan fingerprint density at radius 1 is 0.435 bits per heavy atom. The van der Waals surface area contributed by atoms with E-state index in [1.807, 2.05) is 72.8 Å². The Morgan fingerprint density at radius 2 is 0.783 bits per heavy atom. The molecular weight excluding hydrogens is 584 g/mol. The molecule has 0 atom stereocenters. The third-order valence-electron chi connectivity index (χ3n) is 8.16. The number of allylic oxidation sites excluding steroid dienone is 4. The smallest absolute Gasteiger partial charge is 0.203 e. The van der Waals surface area contributed by atoms with Gasteiger partial charge in [0.1, 0.15) is 0 Å². The van der Waals surface area contributed by atoms with Crippen molar-refractivity contribution in [2.24, 2.45) is 9.98 Å². The van der Waals surface area contributed by atoms with Crippen LogP contribution in [0.3, 0.4) is 0 Å². The first-order chi connectivity index (χ1) is 22.5. The molecule has 0 spiro atoms. The number of nitrogens with one attached hydrogen (secondary N) is 2. The molecule has 0 amide bonds. The number of ether oxygens (including phenoxy) is 6. The zero-order valence-electron chi connectivity index (χ0n) is 26.3. The Balaban J connectivity index is 1.45. The number of hydrogen-bond donors (Lipinski definition) is 2. The maximum Gasteiger partial charge on any atom is 0.203 e. The Kier molecular flexibility index (Phi) is 7.24. The number of aliphatic imine (C=N–C) groups is 2. The van der Waals surface area contributed by atoms with Crippen molar-refractivity contribution < 1.29 is 28.4 Å². The van der Waals surface area contributed by atoms with E-state index in [1.54, 1.807) is 42.7 Å². The summed E-state index contributed by atoms with van der Waals surface area (Å²) in [4.78, 5) is 17.4. The molecule has 4 aromatic rings. The highest BCUT2D eigenvalue weighted by molar-refractivity contribution is 6.13. The fraction of sp³-hybridized carbons (Fsp3) is 0.167. The lowest BCUT2D eigenvalue weighted by atomic mass is 9.99. The van der Waals surface area contributed by atoms with Crippen LogP contribution in [0.15, 0.2) is 94.2 Å². The lowest BCUT2D eigenvalue weighted by Crippen LogP contribution is -2.01. The van der Waals surface area contributed by atoms with Crippen LogP contribution in [0.2, 0.25) is 0 Å². The van der Waals surface area contributed by atoms with Crippen molar-refractivity contribution in [2.45, 2.75) is 0 Å². The molecule has 8 bridgehead atoms. The minimum atomic E-state index is 0.519. The summed E-state index contributed by atoms with van der Waals surface area (Å²) < 4.78 is 33.9. The second-order valence-corrected chi connectivity index (χ2v) is 10.6. The SMILES string of the molecule is COc1cc(C2=C3C=CC(=N3)c3ccc([nH]3)C(c3cc(OC)c(OC)c(OC)c3)=C3C=CC(=N3)c3ccc2[nH]3)cc(OC)c1OC. The van der Waals surface area contributed by atoms with E-state index < -0.39 is 0 Å². The lowest BCUT2D eigenvalue weighted by Gasteiger charge is -2.16. The average molecular weight is 617 g/mol. The minimum absolute atomic E-state index is 0.519. The molecule has 5 heterocycles. The zero-order chi connectivity index (χ0) is 31.9. The fourth-order valence-corrected chi connectivity index (χ4v) is 6.02. The summed E-state index contributed by atoms with van der Waals surface area (Å²) in [5.41, 5.74) is 9.99. The van der Waals surface area contributed by atoms with Gasteiger partial charge in [-0.25, -0.2) is 9.98 Å². The van der Waals surface area contributed by atoms with Crippen LogP contribution in [0.1, 0.15) is 33.9 Å². The van der Waals surface area contributed by atoms with Crippen LogP contribution >= 0.6 is 0 Å². The molecule has 2 N–H and O–H groups in total. The highest BCUT2D eigenvalue weighted by Gasteiger charge is 2.25. The third kappa shape index (κ3) is 4.66. The van der Waals surface area contributed by atoms with Crippen LogP contribution in [-0.4, -0.2) is 64.1 Å². The van der Waals surface area contributed by atoms with Crippen molar-refractivity contribution >= 4 is 22.6 Å². The summed E-state index contributed by atoms with van der Waals surface area (Å²) >= 11 is 0. The molecule has 0 unspecified atom stereocenters. The largest absolute Gasteiger partial charge is 0.493 e. The maximum absolute atomic E-state index is 5.69. The van der Waals surface area contributed by atoms with Crippen molar-refractivity contribution in [1.82, 2.24) is 9.97 Å². The van der Waals surface area contributed by atoms with Gasteiger partial charge in [0.2, 0.25) is 11.5 Å². The number of hydrogen-bond acceptors (Lipinski definition) is 8. The molecule has 0 saturated heterocycles. The van der Waals surface area contributed by atoms with Gasteiger partial charge >= 0.3 is 0 Å². The average Bonchev–Trinajstić information content (AvgIpc) is 3.91. The van der Waals surface area contributed by atoms with Crippen molar-refractivity contribution in [3.63, 3.8) is 0 Å². The molecule has 0 saturated carbocycles. The van der Waals surface area contributed by atoms with Crippen LogP contribution in [0.5, 0.6) is 34.5 Å². The van der Waals surface area contributed by atoms with Crippen molar-refractivity contribution in [2.75, 3.05) is 42.7 Å². The number of rotatable bonds is 8. The van der Waals surface area contributed by atoms with E-state index in [1.165, 1.54) is 0 Å². The minimum Gasteiger partial charge on any atom is -0.493 e. The summed E-state index contributed by atoms with van der Waals surface area (Å²) in [6, 6.07) is 15.8. The molecule has 46 heavy (non-hydrogen) atoms. The fourth-order valence-electron chi connectivity index (χ4n) is 6.02. The predicted octanol–water partition coefficient (Wildman–Crippen LogP) is 6.34. The van der Waals surface area contributed by atoms with E-state index in [0.29, 0.717) is 34.5 Å². The van der Waals surface area contributed by atoms with Crippen LogP contribution in [0.4, 0.5) is 0 Å². The standard InChI is InChI=1S/C36H32N4O6/c1-41-29-15-19(16-30(42-2)35(29)45-5)33-25-11-7-21(37-25)23-9-13-27(39-23)34(20-17-31(43-3)36(46-6)32(18-20)44-4)28-14-10-24(40-28)22-8-12-26(33)38-22/h7-18,37,40H,1-6H3. The number of aromatic amines is 2. The molecule has 3 aliphatic heterocycles. The summed E-state index contributed by atoms with van der Waals surface area (Å²) in [5, 5.41) is 0. The molecule has 7 rings (SSSR count). The second kappa shape index (κ2) is 11.6. The highest BCUT2D eigenvalue weighted by atomic mass is 16.5. The first kappa shape index (κ1) is 28.8. The van der Waals surface area contributed by atoms with Crippen molar-refractivity contribution in [3.05, 3.63) is 118 Å². The molecule has 10 nitrogen and oxygen atoms in total. The monoisotopic (exact) mass is 616 g/mol. The molecule has 3 aliphatic rings. The topological polar surface area (TPSA) is 112 Å². The van der Waals surface area contributed by atoms with Gasteiger partial charge in [0, 0.05) is 22.5 Å². The van der Waals surface area contributed by atoms with Gasteiger partial charge in [-0.15, -0.1) is 0 Å². The Labute approximate surface area is 266 Å². The second-order valence-electron chi connectivity index (χ2n) is 10.6. The number of methoxy groups -OCH3 is 6.